The van der Waals surface area contributed by atoms with Crippen LogP contribution in [0, 0.1) is 0 Å². The van der Waals surface area contributed by atoms with Crippen LogP contribution in [0.2, 0.25) is 0 Å². The Morgan fingerprint density at radius 1 is 1.03 bits per heavy atom. The maximum Gasteiger partial charge on any atom is 0.229 e. The molecular weight excluding hydrogens is 400 g/mol. The van der Waals surface area contributed by atoms with E-state index < -0.39 is 42.7 Å². The van der Waals surface area contributed by atoms with Gasteiger partial charge in [-0.1, -0.05) is 6.07 Å². The zero-order valence-electron chi connectivity index (χ0n) is 15.8. The summed E-state index contributed by atoms with van der Waals surface area (Å²) in [5, 5.41) is 49.5. The van der Waals surface area contributed by atoms with Gasteiger partial charge >= 0.3 is 0 Å². The van der Waals surface area contributed by atoms with Crippen LogP contribution in [-0.2, 0) is 4.74 Å². The predicted octanol–water partition coefficient (Wildman–Crippen LogP) is -0.161. The lowest BCUT2D eigenvalue weighted by Crippen LogP contribution is -2.60. The first-order valence-corrected chi connectivity index (χ1v) is 9.09. The highest BCUT2D eigenvalue weighted by Crippen LogP contribution is 2.36. The molecule has 5 atom stereocenters. The van der Waals surface area contributed by atoms with Gasteiger partial charge in [0, 0.05) is 6.07 Å². The Morgan fingerprint density at radius 3 is 2.50 bits per heavy atom. The normalized spacial score (nSPS) is 26.8. The molecule has 0 spiro atoms. The van der Waals surface area contributed by atoms with Crippen molar-refractivity contribution >= 4 is 21.9 Å². The van der Waals surface area contributed by atoms with Crippen molar-refractivity contribution in [1.29, 1.82) is 0 Å². The van der Waals surface area contributed by atoms with E-state index in [2.05, 4.69) is 0 Å². The number of aromatic hydroxyl groups is 1. The van der Waals surface area contributed by atoms with E-state index in [1.165, 1.54) is 37.4 Å². The fraction of sp³-hybridized carbons (Fsp3) is 0.350. The Hall–Kier alpha value is -2.89. The highest BCUT2D eigenvalue weighted by atomic mass is 16.7. The molecule has 0 amide bonds. The molecule has 30 heavy (non-hydrogen) atoms. The fourth-order valence-corrected chi connectivity index (χ4v) is 3.43. The van der Waals surface area contributed by atoms with Gasteiger partial charge in [-0.25, -0.2) is 0 Å². The number of benzene rings is 2. The molecule has 10 nitrogen and oxygen atoms in total. The molecule has 0 aliphatic carbocycles. The number of ether oxygens (including phenoxy) is 3. The number of fused-ring (bicyclic) bond motifs is 2. The van der Waals surface area contributed by atoms with E-state index in [-0.39, 0.29) is 39.2 Å². The van der Waals surface area contributed by atoms with Crippen LogP contribution in [0.4, 0.5) is 0 Å². The molecule has 0 saturated carbocycles. The van der Waals surface area contributed by atoms with Crippen LogP contribution in [-0.4, -0.2) is 70.0 Å². The first-order chi connectivity index (χ1) is 14.3. The van der Waals surface area contributed by atoms with Crippen molar-refractivity contribution < 1.29 is 44.2 Å². The highest BCUT2D eigenvalue weighted by Gasteiger charge is 2.45. The lowest BCUT2D eigenvalue weighted by atomic mass is 9.99. The van der Waals surface area contributed by atoms with E-state index in [1.807, 2.05) is 0 Å². The summed E-state index contributed by atoms with van der Waals surface area (Å²) in [6.07, 6.45) is -7.35. The number of hydrogen-bond donors (Lipinski definition) is 5. The second-order valence-corrected chi connectivity index (χ2v) is 6.90. The SMILES string of the molecule is COc1cc2c(=O)c3c(O)cccc3oc2cc1OC1OC(CO)C(O)C(O)C1O. The third-order valence-corrected chi connectivity index (χ3v) is 5.05. The van der Waals surface area contributed by atoms with Crippen LogP contribution in [0.3, 0.4) is 0 Å². The third kappa shape index (κ3) is 3.24. The largest absolute Gasteiger partial charge is 0.507 e. The first-order valence-electron chi connectivity index (χ1n) is 9.09. The van der Waals surface area contributed by atoms with Gasteiger partial charge in [-0.2, -0.15) is 0 Å². The topological polar surface area (TPSA) is 159 Å². The number of phenols is 1. The molecule has 1 aliphatic rings. The second-order valence-electron chi connectivity index (χ2n) is 6.90. The minimum atomic E-state index is -1.62. The summed E-state index contributed by atoms with van der Waals surface area (Å²) in [6.45, 7) is -0.607. The van der Waals surface area contributed by atoms with Crippen molar-refractivity contribution in [2.75, 3.05) is 13.7 Å². The highest BCUT2D eigenvalue weighted by molar-refractivity contribution is 5.94. The Labute approximate surface area is 169 Å². The Bertz CT molecular complexity index is 1140. The van der Waals surface area contributed by atoms with Crippen LogP contribution >= 0.6 is 0 Å². The van der Waals surface area contributed by atoms with Gasteiger partial charge in [-0.15, -0.1) is 0 Å². The summed E-state index contributed by atoms with van der Waals surface area (Å²) >= 11 is 0. The molecule has 160 valence electrons. The Balaban J connectivity index is 1.79. The van der Waals surface area contributed by atoms with Crippen LogP contribution in [0.1, 0.15) is 0 Å². The number of aliphatic hydroxyl groups is 4. The number of aliphatic hydroxyl groups excluding tert-OH is 4. The molecule has 4 rings (SSSR count). The summed E-state index contributed by atoms with van der Waals surface area (Å²) < 4.78 is 22.0. The third-order valence-electron chi connectivity index (χ3n) is 5.05. The predicted molar refractivity (Wildman–Crippen MR) is 103 cm³/mol. The average Bonchev–Trinajstić information content (AvgIpc) is 2.73. The van der Waals surface area contributed by atoms with Gasteiger partial charge < -0.3 is 44.2 Å². The molecule has 1 saturated heterocycles. The van der Waals surface area contributed by atoms with Crippen molar-refractivity contribution in [3.63, 3.8) is 0 Å². The maximum atomic E-state index is 12.8. The molecule has 1 aliphatic heterocycles. The van der Waals surface area contributed by atoms with Crippen molar-refractivity contribution in [3.8, 4) is 17.2 Å². The van der Waals surface area contributed by atoms with Gasteiger partial charge in [0.25, 0.3) is 0 Å². The molecule has 2 heterocycles. The van der Waals surface area contributed by atoms with E-state index in [1.54, 1.807) is 0 Å². The molecule has 10 heteroatoms. The molecule has 0 radical (unpaired) electrons. The minimum Gasteiger partial charge on any atom is -0.507 e. The van der Waals surface area contributed by atoms with Gasteiger partial charge in [0.05, 0.1) is 19.1 Å². The fourth-order valence-electron chi connectivity index (χ4n) is 3.43. The molecule has 5 unspecified atom stereocenters. The molecule has 5 N–H and O–H groups in total. The summed E-state index contributed by atoms with van der Waals surface area (Å²) in [6, 6.07) is 7.13. The summed E-state index contributed by atoms with van der Waals surface area (Å²) in [5.41, 5.74) is -0.183. The zero-order chi connectivity index (χ0) is 21.6. The molecular formula is C20H20O10. The Morgan fingerprint density at radius 2 is 1.80 bits per heavy atom. The summed E-state index contributed by atoms with van der Waals surface area (Å²) in [7, 11) is 1.33. The van der Waals surface area contributed by atoms with E-state index >= 15 is 0 Å². The minimum absolute atomic E-state index is 0.0228. The van der Waals surface area contributed by atoms with Crippen LogP contribution in [0.25, 0.3) is 21.9 Å². The van der Waals surface area contributed by atoms with E-state index in [4.69, 9.17) is 18.6 Å². The smallest absolute Gasteiger partial charge is 0.229 e. The van der Waals surface area contributed by atoms with E-state index in [0.717, 1.165) is 0 Å². The first kappa shape index (κ1) is 20.4. The Kier molecular flexibility index (Phi) is 5.26. The van der Waals surface area contributed by atoms with Gasteiger partial charge in [-0.3, -0.25) is 4.79 Å². The number of hydrogen-bond acceptors (Lipinski definition) is 10. The van der Waals surface area contributed by atoms with Gasteiger partial charge in [0.15, 0.2) is 11.5 Å². The average molecular weight is 420 g/mol. The maximum absolute atomic E-state index is 12.8. The second kappa shape index (κ2) is 7.74. The molecule has 1 fully saturated rings. The molecule has 0 bridgehead atoms. The lowest BCUT2D eigenvalue weighted by Gasteiger charge is -2.39. The number of phenolic OH excluding ortho intramolecular Hbond substituents is 1. The van der Waals surface area contributed by atoms with E-state index in [0.29, 0.717) is 0 Å². The zero-order valence-corrected chi connectivity index (χ0v) is 15.8. The number of methoxy groups -OCH3 is 1. The standard InChI is InChI=1S/C20H20O10/c1-27-12-5-8-11(28-10-4-2-3-9(22)15(10)16(8)23)6-13(12)29-20-19(26)18(25)17(24)14(7-21)30-20/h2-6,14,17-22,24-26H,7H2,1H3. The van der Waals surface area contributed by atoms with Gasteiger partial charge in [-0.05, 0) is 18.2 Å². The molecule has 2 aromatic carbocycles. The van der Waals surface area contributed by atoms with Crippen molar-refractivity contribution in [2.24, 2.45) is 0 Å². The molecule has 1 aromatic heterocycles. The lowest BCUT2D eigenvalue weighted by molar-refractivity contribution is -0.277. The summed E-state index contributed by atoms with van der Waals surface area (Å²) in [4.78, 5) is 12.8. The van der Waals surface area contributed by atoms with Crippen molar-refractivity contribution in [2.45, 2.75) is 30.7 Å². The number of rotatable bonds is 4. The quantitative estimate of drug-likeness (QED) is 0.359. The van der Waals surface area contributed by atoms with Crippen LogP contribution < -0.4 is 14.9 Å². The molecule has 3 aromatic rings. The van der Waals surface area contributed by atoms with Crippen LogP contribution in [0.5, 0.6) is 17.2 Å². The summed E-state index contributed by atoms with van der Waals surface area (Å²) in [5.74, 6) is -0.0951. The van der Waals surface area contributed by atoms with Gasteiger partial charge in [0.2, 0.25) is 11.7 Å². The van der Waals surface area contributed by atoms with Crippen molar-refractivity contribution in [1.82, 2.24) is 0 Å². The van der Waals surface area contributed by atoms with Crippen molar-refractivity contribution in [3.05, 3.63) is 40.6 Å². The van der Waals surface area contributed by atoms with E-state index in [9.17, 15) is 30.3 Å². The van der Waals surface area contributed by atoms with Gasteiger partial charge in [0.1, 0.15) is 46.7 Å². The van der Waals surface area contributed by atoms with Crippen LogP contribution in [0.15, 0.2) is 39.5 Å². The monoisotopic (exact) mass is 420 g/mol.